The number of hydrazone groups is 1. The lowest BCUT2D eigenvalue weighted by atomic mass is 10.1. The van der Waals surface area contributed by atoms with Crippen molar-refractivity contribution in [1.29, 1.82) is 0 Å². The molecule has 4 heteroatoms. The number of pyridine rings is 1. The summed E-state index contributed by atoms with van der Waals surface area (Å²) in [5.41, 5.74) is 10.8. The molecule has 0 aliphatic rings. The van der Waals surface area contributed by atoms with Crippen LogP contribution in [-0.4, -0.2) is 15.8 Å². The Balaban J connectivity index is 1.50. The van der Waals surface area contributed by atoms with Crippen molar-refractivity contribution in [1.82, 2.24) is 9.55 Å². The van der Waals surface area contributed by atoms with Gasteiger partial charge in [0.05, 0.1) is 22.9 Å². The zero-order chi connectivity index (χ0) is 23.6. The fourth-order valence-corrected chi connectivity index (χ4v) is 4.69. The van der Waals surface area contributed by atoms with Crippen molar-refractivity contribution in [2.45, 2.75) is 6.92 Å². The first-order valence-electron chi connectivity index (χ1n) is 11.7. The summed E-state index contributed by atoms with van der Waals surface area (Å²) in [6.45, 7) is 2.10. The van der Waals surface area contributed by atoms with E-state index in [2.05, 4.69) is 101 Å². The van der Waals surface area contributed by atoms with Crippen LogP contribution < -0.4 is 5.43 Å². The molecule has 2 heterocycles. The quantitative estimate of drug-likeness (QED) is 0.216. The molecule has 6 rings (SSSR count). The van der Waals surface area contributed by atoms with Gasteiger partial charge in [-0.15, -0.1) is 0 Å². The van der Waals surface area contributed by atoms with Gasteiger partial charge in [-0.05, 0) is 48.4 Å². The van der Waals surface area contributed by atoms with E-state index in [1.165, 1.54) is 5.56 Å². The van der Waals surface area contributed by atoms with Crippen molar-refractivity contribution in [2.24, 2.45) is 5.10 Å². The molecule has 0 unspecified atom stereocenters. The van der Waals surface area contributed by atoms with Crippen LogP contribution in [0.5, 0.6) is 0 Å². The Labute approximate surface area is 204 Å². The summed E-state index contributed by atoms with van der Waals surface area (Å²) in [6, 6.07) is 39.6. The van der Waals surface area contributed by atoms with Gasteiger partial charge in [0.1, 0.15) is 5.82 Å². The average Bonchev–Trinajstić information content (AvgIpc) is 3.24. The van der Waals surface area contributed by atoms with Crippen LogP contribution in [0.1, 0.15) is 11.1 Å². The molecule has 6 aromatic rings. The van der Waals surface area contributed by atoms with Crippen molar-refractivity contribution in [2.75, 3.05) is 5.43 Å². The second-order valence-corrected chi connectivity index (χ2v) is 8.53. The molecule has 0 atom stereocenters. The van der Waals surface area contributed by atoms with Crippen LogP contribution in [-0.2, 0) is 0 Å². The zero-order valence-electron chi connectivity index (χ0n) is 19.4. The maximum absolute atomic E-state index is 4.73. The number of rotatable bonds is 5. The number of benzene rings is 4. The summed E-state index contributed by atoms with van der Waals surface area (Å²) in [7, 11) is 0. The topological polar surface area (TPSA) is 42.2 Å². The highest BCUT2D eigenvalue weighted by Gasteiger charge is 2.18. The number of nitrogens with one attached hydrogen (secondary N) is 1. The minimum absolute atomic E-state index is 0.727. The Hall–Kier alpha value is -4.70. The Morgan fingerprint density at radius 1 is 0.743 bits per heavy atom. The Bertz CT molecular complexity index is 1670. The molecule has 0 saturated heterocycles. The molecule has 4 nitrogen and oxygen atoms in total. The minimum Gasteiger partial charge on any atom is -0.309 e. The highest BCUT2D eigenvalue weighted by molar-refractivity contribution is 6.07. The minimum atomic E-state index is 0.727. The molecule has 168 valence electrons. The monoisotopic (exact) mass is 452 g/mol. The third kappa shape index (κ3) is 3.85. The fraction of sp³-hybridized carbons (Fsp3) is 0.0323. The van der Waals surface area contributed by atoms with Crippen LogP contribution >= 0.6 is 0 Å². The molecular formula is C31H24N4. The molecule has 0 aliphatic heterocycles. The first kappa shape index (κ1) is 20.9. The van der Waals surface area contributed by atoms with E-state index in [0.29, 0.717) is 0 Å². The maximum atomic E-state index is 4.73. The van der Waals surface area contributed by atoms with E-state index in [-0.39, 0.29) is 0 Å². The van der Waals surface area contributed by atoms with Gasteiger partial charge in [-0.25, -0.2) is 4.98 Å². The molecule has 1 N–H and O–H groups in total. The van der Waals surface area contributed by atoms with Gasteiger partial charge in [0.15, 0.2) is 0 Å². The van der Waals surface area contributed by atoms with Crippen LogP contribution in [0.2, 0.25) is 0 Å². The fourth-order valence-electron chi connectivity index (χ4n) is 4.69. The van der Waals surface area contributed by atoms with Gasteiger partial charge in [0.2, 0.25) is 0 Å². The number of hydrogen-bond donors (Lipinski definition) is 1. The van der Waals surface area contributed by atoms with Gasteiger partial charge in [-0.2, -0.15) is 5.10 Å². The third-order valence-electron chi connectivity index (χ3n) is 6.27. The molecule has 0 aliphatic carbocycles. The van der Waals surface area contributed by atoms with Crippen LogP contribution in [0.3, 0.4) is 0 Å². The lowest BCUT2D eigenvalue weighted by Gasteiger charge is -2.12. The molecule has 0 radical (unpaired) electrons. The van der Waals surface area contributed by atoms with Crippen molar-refractivity contribution in [3.05, 3.63) is 126 Å². The van der Waals surface area contributed by atoms with Gasteiger partial charge in [0, 0.05) is 22.0 Å². The van der Waals surface area contributed by atoms with Crippen molar-refractivity contribution in [3.8, 4) is 16.9 Å². The van der Waals surface area contributed by atoms with E-state index in [4.69, 9.17) is 4.98 Å². The summed E-state index contributed by atoms with van der Waals surface area (Å²) in [6.07, 6.45) is 1.91. The maximum Gasteiger partial charge on any atom is 0.147 e. The first-order chi connectivity index (χ1) is 17.3. The van der Waals surface area contributed by atoms with E-state index in [0.717, 1.165) is 50.1 Å². The van der Waals surface area contributed by atoms with Crippen LogP contribution in [0.4, 0.5) is 5.82 Å². The number of anilines is 1. The smallest absolute Gasteiger partial charge is 0.147 e. The molecule has 0 spiro atoms. The number of nitrogens with zero attached hydrogens (tertiary/aromatic N) is 3. The molecule has 4 aromatic carbocycles. The average molecular weight is 453 g/mol. The predicted octanol–water partition coefficient (Wildman–Crippen LogP) is 7.60. The second kappa shape index (κ2) is 8.92. The third-order valence-corrected chi connectivity index (χ3v) is 6.27. The molecule has 35 heavy (non-hydrogen) atoms. The molecule has 0 bridgehead atoms. The van der Waals surface area contributed by atoms with Crippen LogP contribution in [0, 0.1) is 6.92 Å². The summed E-state index contributed by atoms with van der Waals surface area (Å²) in [4.78, 5) is 4.73. The summed E-state index contributed by atoms with van der Waals surface area (Å²) in [5.74, 6) is 0.727. The van der Waals surface area contributed by atoms with Gasteiger partial charge < -0.3 is 4.57 Å². The van der Waals surface area contributed by atoms with Crippen molar-refractivity contribution >= 4 is 33.8 Å². The normalized spacial score (nSPS) is 11.5. The van der Waals surface area contributed by atoms with Crippen LogP contribution in [0.15, 0.2) is 120 Å². The van der Waals surface area contributed by atoms with Gasteiger partial charge in [0.25, 0.3) is 0 Å². The molecule has 2 aromatic heterocycles. The van der Waals surface area contributed by atoms with Crippen LogP contribution in [0.25, 0.3) is 38.8 Å². The molecular weight excluding hydrogens is 428 g/mol. The number of para-hydroxylation sites is 3. The summed E-state index contributed by atoms with van der Waals surface area (Å²) in [5, 5.41) is 6.95. The summed E-state index contributed by atoms with van der Waals surface area (Å²) < 4.78 is 2.31. The summed E-state index contributed by atoms with van der Waals surface area (Å²) >= 11 is 0. The second-order valence-electron chi connectivity index (χ2n) is 8.53. The highest BCUT2D eigenvalue weighted by Crippen LogP contribution is 2.35. The Kier molecular flexibility index (Phi) is 5.32. The molecule has 0 fully saturated rings. The lowest BCUT2D eigenvalue weighted by molar-refractivity contribution is 1.13. The van der Waals surface area contributed by atoms with E-state index in [1.807, 2.05) is 42.6 Å². The molecule has 0 amide bonds. The number of aromatic nitrogens is 2. The number of aryl methyl sites for hydroxylation is 1. The van der Waals surface area contributed by atoms with Gasteiger partial charge in [-0.3, -0.25) is 5.43 Å². The van der Waals surface area contributed by atoms with Gasteiger partial charge in [-0.1, -0.05) is 84.9 Å². The zero-order valence-corrected chi connectivity index (χ0v) is 19.4. The standard InChI is InChI=1S/C31H24N4/c1-22-20-30(33-28-18-10-8-16-25(22)28)34-32-21-27-26-17-9-11-19-29(26)35(24-14-6-3-7-15-24)31(27)23-12-4-2-5-13-23/h2-21H,1H3,(H,33,34). The van der Waals surface area contributed by atoms with E-state index >= 15 is 0 Å². The van der Waals surface area contributed by atoms with E-state index in [1.54, 1.807) is 0 Å². The Morgan fingerprint density at radius 3 is 2.20 bits per heavy atom. The Morgan fingerprint density at radius 2 is 1.40 bits per heavy atom. The van der Waals surface area contributed by atoms with E-state index < -0.39 is 0 Å². The van der Waals surface area contributed by atoms with Gasteiger partial charge >= 0.3 is 0 Å². The van der Waals surface area contributed by atoms with E-state index in [9.17, 15) is 0 Å². The predicted molar refractivity (Wildman–Crippen MR) is 146 cm³/mol. The first-order valence-corrected chi connectivity index (χ1v) is 11.7. The van der Waals surface area contributed by atoms with Crippen molar-refractivity contribution < 1.29 is 0 Å². The number of fused-ring (bicyclic) bond motifs is 2. The van der Waals surface area contributed by atoms with Crippen molar-refractivity contribution in [3.63, 3.8) is 0 Å². The number of hydrogen-bond acceptors (Lipinski definition) is 3. The molecule has 0 saturated carbocycles. The SMILES string of the molecule is Cc1cc(NN=Cc2c(-c3ccccc3)n(-c3ccccc3)c3ccccc23)nc2ccccc12. The highest BCUT2D eigenvalue weighted by atomic mass is 15.3. The largest absolute Gasteiger partial charge is 0.309 e. The lowest BCUT2D eigenvalue weighted by Crippen LogP contribution is -1.99.